The van der Waals surface area contributed by atoms with Crippen molar-refractivity contribution < 1.29 is 4.79 Å². The molecule has 0 radical (unpaired) electrons. The Labute approximate surface area is 123 Å². The van der Waals surface area contributed by atoms with Gasteiger partial charge in [-0.2, -0.15) is 0 Å². The number of carbonyl (C=O) groups is 1. The van der Waals surface area contributed by atoms with Gasteiger partial charge in [0.15, 0.2) is 0 Å². The highest BCUT2D eigenvalue weighted by atomic mass is 35.5. The van der Waals surface area contributed by atoms with E-state index >= 15 is 0 Å². The van der Waals surface area contributed by atoms with Gasteiger partial charge in [0.05, 0.1) is 16.6 Å². The molecule has 19 heavy (non-hydrogen) atoms. The molecule has 104 valence electrons. The molecule has 1 amide bonds. The number of likely N-dealkylation sites (tertiary alicyclic amines) is 1. The normalized spacial score (nSPS) is 16.7. The van der Waals surface area contributed by atoms with Crippen molar-refractivity contribution in [1.82, 2.24) is 10.2 Å². The number of halogens is 2. The van der Waals surface area contributed by atoms with E-state index in [0.29, 0.717) is 16.6 Å². The minimum atomic E-state index is 0.0707. The van der Waals surface area contributed by atoms with Crippen molar-refractivity contribution in [3.05, 3.63) is 33.8 Å². The lowest BCUT2D eigenvalue weighted by Gasteiger charge is -2.19. The lowest BCUT2D eigenvalue weighted by Crippen LogP contribution is -2.37. The van der Waals surface area contributed by atoms with Crippen molar-refractivity contribution in [2.24, 2.45) is 0 Å². The Morgan fingerprint density at radius 2 is 2.00 bits per heavy atom. The maximum Gasteiger partial charge on any atom is 0.236 e. The summed E-state index contributed by atoms with van der Waals surface area (Å²) in [6.45, 7) is 4.15. The van der Waals surface area contributed by atoms with Crippen LogP contribution in [0.25, 0.3) is 0 Å². The molecule has 1 aromatic carbocycles. The van der Waals surface area contributed by atoms with Gasteiger partial charge in [-0.05, 0) is 37.5 Å². The fraction of sp³-hybridized carbons (Fsp3) is 0.500. The zero-order valence-electron chi connectivity index (χ0n) is 11.0. The third-order valence-corrected chi connectivity index (χ3v) is 4.20. The van der Waals surface area contributed by atoms with Gasteiger partial charge in [-0.25, -0.2) is 0 Å². The molecule has 2 rings (SSSR count). The van der Waals surface area contributed by atoms with Gasteiger partial charge in [0, 0.05) is 19.1 Å². The fourth-order valence-electron chi connectivity index (χ4n) is 2.22. The van der Waals surface area contributed by atoms with Crippen LogP contribution in [0.5, 0.6) is 0 Å². The van der Waals surface area contributed by atoms with Gasteiger partial charge in [0.1, 0.15) is 0 Å². The molecule has 1 aliphatic heterocycles. The summed E-state index contributed by atoms with van der Waals surface area (Å²) in [6, 6.07) is 5.61. The lowest BCUT2D eigenvalue weighted by molar-refractivity contribution is -0.129. The van der Waals surface area contributed by atoms with Crippen LogP contribution < -0.4 is 5.32 Å². The van der Waals surface area contributed by atoms with Crippen molar-refractivity contribution in [1.29, 1.82) is 0 Å². The van der Waals surface area contributed by atoms with E-state index in [1.54, 1.807) is 6.07 Å². The molecular formula is C14H18Cl2N2O. The Kier molecular flexibility index (Phi) is 5.08. The third-order valence-electron chi connectivity index (χ3n) is 3.46. The third kappa shape index (κ3) is 3.85. The minimum Gasteiger partial charge on any atom is -0.342 e. The van der Waals surface area contributed by atoms with E-state index in [9.17, 15) is 4.79 Å². The van der Waals surface area contributed by atoms with Crippen LogP contribution >= 0.6 is 23.2 Å². The van der Waals surface area contributed by atoms with Crippen molar-refractivity contribution in [2.45, 2.75) is 25.8 Å². The van der Waals surface area contributed by atoms with E-state index in [-0.39, 0.29) is 11.9 Å². The summed E-state index contributed by atoms with van der Waals surface area (Å²) < 4.78 is 0. The molecule has 1 unspecified atom stereocenters. The second-order valence-electron chi connectivity index (χ2n) is 4.86. The number of nitrogens with zero attached hydrogens (tertiary/aromatic N) is 1. The first-order valence-corrected chi connectivity index (χ1v) is 7.29. The zero-order chi connectivity index (χ0) is 13.8. The van der Waals surface area contributed by atoms with E-state index < -0.39 is 0 Å². The van der Waals surface area contributed by atoms with E-state index in [4.69, 9.17) is 23.2 Å². The molecule has 0 bridgehead atoms. The van der Waals surface area contributed by atoms with E-state index in [0.717, 1.165) is 31.5 Å². The highest BCUT2D eigenvalue weighted by molar-refractivity contribution is 6.42. The maximum absolute atomic E-state index is 11.9. The molecule has 3 nitrogen and oxygen atoms in total. The van der Waals surface area contributed by atoms with Crippen LogP contribution in [0.1, 0.15) is 31.4 Å². The first-order valence-electron chi connectivity index (χ1n) is 6.54. The van der Waals surface area contributed by atoms with E-state index in [2.05, 4.69) is 5.32 Å². The van der Waals surface area contributed by atoms with Crippen molar-refractivity contribution >= 4 is 29.1 Å². The van der Waals surface area contributed by atoms with Gasteiger partial charge in [0.2, 0.25) is 5.91 Å². The maximum atomic E-state index is 11.9. The number of hydrogen-bond acceptors (Lipinski definition) is 2. The van der Waals surface area contributed by atoms with Crippen LogP contribution in [0, 0.1) is 0 Å². The monoisotopic (exact) mass is 300 g/mol. The molecule has 0 saturated carbocycles. The molecule has 1 N–H and O–H groups in total. The van der Waals surface area contributed by atoms with Crippen molar-refractivity contribution in [3.63, 3.8) is 0 Å². The summed E-state index contributed by atoms with van der Waals surface area (Å²) in [5.74, 6) is 0.171. The second kappa shape index (κ2) is 6.60. The molecule has 1 aliphatic rings. The summed E-state index contributed by atoms with van der Waals surface area (Å²) in [5, 5.41) is 4.32. The van der Waals surface area contributed by atoms with Crippen molar-refractivity contribution in [3.8, 4) is 0 Å². The SMILES string of the molecule is CC(NCC(=O)N1CCCC1)c1ccc(Cl)c(Cl)c1. The standard InChI is InChI=1S/C14H18Cl2N2O/c1-10(11-4-5-12(15)13(16)8-11)17-9-14(19)18-6-2-3-7-18/h4-5,8,10,17H,2-3,6-7,9H2,1H3. The van der Waals surface area contributed by atoms with E-state index in [1.165, 1.54) is 0 Å². The average Bonchev–Trinajstić information content (AvgIpc) is 2.92. The molecular weight excluding hydrogens is 283 g/mol. The molecule has 0 aromatic heterocycles. The summed E-state index contributed by atoms with van der Waals surface area (Å²) in [6.07, 6.45) is 2.24. The van der Waals surface area contributed by atoms with Crippen LogP contribution in [-0.2, 0) is 4.79 Å². The number of nitrogens with one attached hydrogen (secondary N) is 1. The van der Waals surface area contributed by atoms with Crippen LogP contribution in [-0.4, -0.2) is 30.4 Å². The van der Waals surface area contributed by atoms with Gasteiger partial charge in [-0.3, -0.25) is 4.79 Å². The summed E-state index contributed by atoms with van der Waals surface area (Å²) in [5.41, 5.74) is 1.03. The second-order valence-corrected chi connectivity index (χ2v) is 5.68. The number of hydrogen-bond donors (Lipinski definition) is 1. The largest absolute Gasteiger partial charge is 0.342 e. The van der Waals surface area contributed by atoms with Gasteiger partial charge in [0.25, 0.3) is 0 Å². The Bertz CT molecular complexity index is 459. The van der Waals surface area contributed by atoms with Gasteiger partial charge < -0.3 is 10.2 Å². The smallest absolute Gasteiger partial charge is 0.236 e. The first-order chi connectivity index (χ1) is 9.08. The highest BCUT2D eigenvalue weighted by Gasteiger charge is 2.18. The van der Waals surface area contributed by atoms with Gasteiger partial charge in [-0.1, -0.05) is 29.3 Å². The molecule has 1 saturated heterocycles. The average molecular weight is 301 g/mol. The zero-order valence-corrected chi connectivity index (χ0v) is 12.5. The number of rotatable bonds is 4. The number of benzene rings is 1. The number of amides is 1. The van der Waals surface area contributed by atoms with Gasteiger partial charge in [-0.15, -0.1) is 0 Å². The molecule has 5 heteroatoms. The fourth-order valence-corrected chi connectivity index (χ4v) is 2.52. The highest BCUT2D eigenvalue weighted by Crippen LogP contribution is 2.25. The Morgan fingerprint density at radius 3 is 2.63 bits per heavy atom. The molecule has 1 aromatic rings. The summed E-state index contributed by atoms with van der Waals surface area (Å²) in [4.78, 5) is 13.8. The molecule has 0 aliphatic carbocycles. The Balaban J connectivity index is 1.88. The first kappa shape index (κ1) is 14.6. The summed E-state index contributed by atoms with van der Waals surface area (Å²) in [7, 11) is 0. The Morgan fingerprint density at radius 1 is 1.32 bits per heavy atom. The van der Waals surface area contributed by atoms with Crippen LogP contribution in [0.3, 0.4) is 0 Å². The molecule has 1 fully saturated rings. The summed E-state index contributed by atoms with van der Waals surface area (Å²) >= 11 is 11.9. The minimum absolute atomic E-state index is 0.0707. The number of carbonyl (C=O) groups excluding carboxylic acids is 1. The van der Waals surface area contributed by atoms with E-state index in [1.807, 2.05) is 24.0 Å². The van der Waals surface area contributed by atoms with Crippen LogP contribution in [0.15, 0.2) is 18.2 Å². The predicted molar refractivity (Wildman–Crippen MR) is 78.7 cm³/mol. The quantitative estimate of drug-likeness (QED) is 0.925. The van der Waals surface area contributed by atoms with Crippen molar-refractivity contribution in [2.75, 3.05) is 19.6 Å². The molecule has 0 spiro atoms. The van der Waals surface area contributed by atoms with Crippen LogP contribution in [0.2, 0.25) is 10.0 Å². The molecule has 1 atom stereocenters. The topological polar surface area (TPSA) is 32.3 Å². The molecule has 1 heterocycles. The van der Waals surface area contributed by atoms with Crippen LogP contribution in [0.4, 0.5) is 0 Å². The Hall–Kier alpha value is -0.770. The predicted octanol–water partition coefficient (Wildman–Crippen LogP) is 3.27. The van der Waals surface area contributed by atoms with Gasteiger partial charge >= 0.3 is 0 Å². The lowest BCUT2D eigenvalue weighted by atomic mass is 10.1.